The number of hydrogen-bond acceptors (Lipinski definition) is 4. The van der Waals surface area contributed by atoms with E-state index in [2.05, 4.69) is 22.4 Å². The molecule has 1 N–H and O–H groups in total. The summed E-state index contributed by atoms with van der Waals surface area (Å²) in [4.78, 5) is 12.0. The molecule has 0 fully saturated rings. The predicted molar refractivity (Wildman–Crippen MR) is 87.3 cm³/mol. The quantitative estimate of drug-likeness (QED) is 0.778. The van der Waals surface area contributed by atoms with Crippen molar-refractivity contribution in [2.24, 2.45) is 0 Å². The van der Waals surface area contributed by atoms with E-state index < -0.39 is 11.7 Å². The normalized spacial score (nSPS) is 10.6. The van der Waals surface area contributed by atoms with Gasteiger partial charge in [-0.25, -0.2) is 4.39 Å². The van der Waals surface area contributed by atoms with E-state index in [4.69, 9.17) is 4.42 Å². The topological polar surface area (TPSA) is 68.0 Å². The predicted octanol–water partition coefficient (Wildman–Crippen LogP) is 3.61. The van der Waals surface area contributed by atoms with Crippen molar-refractivity contribution in [1.29, 1.82) is 0 Å². The molecule has 0 saturated heterocycles. The van der Waals surface area contributed by atoms with E-state index in [1.807, 2.05) is 24.3 Å². The molecule has 1 amide bonds. The summed E-state index contributed by atoms with van der Waals surface area (Å²) in [6.07, 6.45) is 1.44. The van der Waals surface area contributed by atoms with Crippen LogP contribution in [0.3, 0.4) is 0 Å². The number of amides is 1. The van der Waals surface area contributed by atoms with Crippen LogP contribution in [0.2, 0.25) is 0 Å². The summed E-state index contributed by atoms with van der Waals surface area (Å²) < 4.78 is 19.0. The van der Waals surface area contributed by atoms with Crippen LogP contribution in [0.4, 0.5) is 10.4 Å². The first-order valence-electron chi connectivity index (χ1n) is 7.62. The Morgan fingerprint density at radius 2 is 1.79 bits per heavy atom. The summed E-state index contributed by atoms with van der Waals surface area (Å²) in [5.74, 6) is -0.857. The number of carbonyl (C=O) groups excluding carboxylic acids is 1. The lowest BCUT2D eigenvalue weighted by Crippen LogP contribution is -2.13. The molecule has 3 rings (SSSR count). The highest BCUT2D eigenvalue weighted by molar-refractivity contribution is 6.03. The fourth-order valence-electron chi connectivity index (χ4n) is 2.25. The molecule has 24 heavy (non-hydrogen) atoms. The van der Waals surface area contributed by atoms with Crippen molar-refractivity contribution in [1.82, 2.24) is 10.2 Å². The number of nitrogens with zero attached hydrogens (tertiary/aromatic N) is 2. The third-order valence-electron chi connectivity index (χ3n) is 3.59. The van der Waals surface area contributed by atoms with E-state index >= 15 is 0 Å². The molecule has 5 nitrogen and oxygen atoms in total. The fourth-order valence-corrected chi connectivity index (χ4v) is 2.25. The summed E-state index contributed by atoms with van der Waals surface area (Å²) in [5.41, 5.74) is 2.21. The Labute approximate surface area is 138 Å². The summed E-state index contributed by atoms with van der Waals surface area (Å²) in [6.45, 7) is 2.09. The van der Waals surface area contributed by atoms with Crippen LogP contribution in [0.25, 0.3) is 0 Å². The molecular weight excluding hydrogens is 309 g/mol. The molecule has 2 aromatic carbocycles. The van der Waals surface area contributed by atoms with Crippen LogP contribution < -0.4 is 5.32 Å². The van der Waals surface area contributed by atoms with Crippen LogP contribution in [-0.2, 0) is 12.8 Å². The summed E-state index contributed by atoms with van der Waals surface area (Å²) in [6, 6.07) is 13.7. The van der Waals surface area contributed by atoms with Crippen LogP contribution in [-0.4, -0.2) is 16.1 Å². The van der Waals surface area contributed by atoms with Crippen LogP contribution in [0.1, 0.15) is 34.3 Å². The second-order valence-corrected chi connectivity index (χ2v) is 5.28. The number of benzene rings is 2. The highest BCUT2D eigenvalue weighted by Gasteiger charge is 2.14. The number of aromatic nitrogens is 2. The van der Waals surface area contributed by atoms with Crippen molar-refractivity contribution in [2.45, 2.75) is 19.8 Å². The second kappa shape index (κ2) is 7.04. The number of aryl methyl sites for hydroxylation is 1. The van der Waals surface area contributed by atoms with Gasteiger partial charge in [0.25, 0.3) is 5.91 Å². The van der Waals surface area contributed by atoms with Gasteiger partial charge in [0.05, 0.1) is 12.0 Å². The van der Waals surface area contributed by atoms with Gasteiger partial charge < -0.3 is 4.42 Å². The van der Waals surface area contributed by atoms with Crippen LogP contribution in [0.15, 0.2) is 52.9 Å². The number of carbonyl (C=O) groups is 1. The van der Waals surface area contributed by atoms with Crippen LogP contribution in [0, 0.1) is 5.82 Å². The van der Waals surface area contributed by atoms with E-state index in [1.165, 1.54) is 23.8 Å². The Kier molecular flexibility index (Phi) is 4.65. The number of anilines is 1. The van der Waals surface area contributed by atoms with Gasteiger partial charge in [0.15, 0.2) is 0 Å². The van der Waals surface area contributed by atoms with Gasteiger partial charge in [0, 0.05) is 0 Å². The molecule has 0 saturated carbocycles. The maximum absolute atomic E-state index is 13.6. The zero-order valence-electron chi connectivity index (χ0n) is 13.1. The average Bonchev–Trinajstić information content (AvgIpc) is 3.02. The first-order valence-corrected chi connectivity index (χ1v) is 7.62. The molecule has 0 radical (unpaired) electrons. The average molecular weight is 325 g/mol. The Balaban J connectivity index is 1.67. The van der Waals surface area contributed by atoms with Crippen molar-refractivity contribution in [3.05, 3.63) is 76.9 Å². The van der Waals surface area contributed by atoms with Crippen molar-refractivity contribution in [2.75, 3.05) is 5.32 Å². The zero-order valence-corrected chi connectivity index (χ0v) is 13.1. The van der Waals surface area contributed by atoms with Crippen LogP contribution in [0.5, 0.6) is 0 Å². The maximum atomic E-state index is 13.6. The van der Waals surface area contributed by atoms with Gasteiger partial charge in [-0.3, -0.25) is 10.1 Å². The molecule has 0 unspecified atom stereocenters. The van der Waals surface area contributed by atoms with E-state index in [9.17, 15) is 9.18 Å². The van der Waals surface area contributed by atoms with Gasteiger partial charge >= 0.3 is 6.01 Å². The summed E-state index contributed by atoms with van der Waals surface area (Å²) >= 11 is 0. The molecule has 0 aliphatic heterocycles. The lowest BCUT2D eigenvalue weighted by Gasteiger charge is -2.01. The molecular formula is C18H16FN3O2. The number of halogens is 1. The van der Waals surface area contributed by atoms with Crippen molar-refractivity contribution in [3.8, 4) is 0 Å². The van der Waals surface area contributed by atoms with E-state index in [0.29, 0.717) is 12.3 Å². The molecule has 0 atom stereocenters. The minimum Gasteiger partial charge on any atom is -0.407 e. The monoisotopic (exact) mass is 325 g/mol. The molecule has 0 spiro atoms. The highest BCUT2D eigenvalue weighted by Crippen LogP contribution is 2.14. The summed E-state index contributed by atoms with van der Waals surface area (Å²) in [5, 5.41) is 10.1. The molecule has 6 heteroatoms. The van der Waals surface area contributed by atoms with Gasteiger partial charge in [-0.2, -0.15) is 0 Å². The molecule has 1 aromatic heterocycles. The van der Waals surface area contributed by atoms with Crippen molar-refractivity contribution in [3.63, 3.8) is 0 Å². The minimum atomic E-state index is -0.629. The van der Waals surface area contributed by atoms with E-state index in [1.54, 1.807) is 6.07 Å². The smallest absolute Gasteiger partial charge is 0.322 e. The van der Waals surface area contributed by atoms with Gasteiger partial charge in [0.2, 0.25) is 5.89 Å². The molecule has 122 valence electrons. The lowest BCUT2D eigenvalue weighted by atomic mass is 10.1. The van der Waals surface area contributed by atoms with Crippen molar-refractivity contribution >= 4 is 11.9 Å². The number of rotatable bonds is 5. The first kappa shape index (κ1) is 15.9. The number of hydrogen-bond donors (Lipinski definition) is 1. The Morgan fingerprint density at radius 3 is 2.50 bits per heavy atom. The molecule has 0 aliphatic carbocycles. The lowest BCUT2D eigenvalue weighted by molar-refractivity contribution is 0.102. The van der Waals surface area contributed by atoms with Gasteiger partial charge in [-0.05, 0) is 29.7 Å². The zero-order chi connectivity index (χ0) is 16.9. The second-order valence-electron chi connectivity index (χ2n) is 5.28. The standard InChI is InChI=1S/C18H16FN3O2/c1-2-12-7-9-13(10-8-12)11-16-21-22-18(24-16)20-17(23)14-5-3-4-6-15(14)19/h3-10H,2,11H2,1H3,(H,20,22,23). The minimum absolute atomic E-state index is 0.0524. The number of nitrogens with one attached hydrogen (secondary N) is 1. The van der Waals surface area contributed by atoms with Gasteiger partial charge in [-0.1, -0.05) is 48.4 Å². The Bertz CT molecular complexity index is 843. The fraction of sp³-hybridized carbons (Fsp3) is 0.167. The van der Waals surface area contributed by atoms with Gasteiger partial charge in [-0.15, -0.1) is 5.10 Å². The largest absolute Gasteiger partial charge is 0.407 e. The summed E-state index contributed by atoms with van der Waals surface area (Å²) in [7, 11) is 0. The van der Waals surface area contributed by atoms with E-state index in [-0.39, 0.29) is 11.6 Å². The van der Waals surface area contributed by atoms with Crippen LogP contribution >= 0.6 is 0 Å². The maximum Gasteiger partial charge on any atom is 0.322 e. The van der Waals surface area contributed by atoms with Gasteiger partial charge in [0.1, 0.15) is 5.82 Å². The molecule has 1 heterocycles. The van der Waals surface area contributed by atoms with Crippen molar-refractivity contribution < 1.29 is 13.6 Å². The molecule has 0 bridgehead atoms. The Morgan fingerprint density at radius 1 is 1.08 bits per heavy atom. The molecule has 3 aromatic rings. The highest BCUT2D eigenvalue weighted by atomic mass is 19.1. The molecule has 0 aliphatic rings. The van der Waals surface area contributed by atoms with E-state index in [0.717, 1.165) is 12.0 Å². The SMILES string of the molecule is CCc1ccc(Cc2nnc(NC(=O)c3ccccc3F)o2)cc1. The third-order valence-corrected chi connectivity index (χ3v) is 3.59. The Hall–Kier alpha value is -3.02. The first-order chi connectivity index (χ1) is 11.7. The third kappa shape index (κ3) is 3.65.